The number of piperidine rings is 1. The van der Waals surface area contributed by atoms with E-state index in [1.165, 1.54) is 12.1 Å². The monoisotopic (exact) mass is 565 g/mol. The number of carbonyl (C=O) groups is 2. The summed E-state index contributed by atoms with van der Waals surface area (Å²) >= 11 is 0. The molecule has 5 rings (SSSR count). The van der Waals surface area contributed by atoms with Crippen molar-refractivity contribution < 1.29 is 36.8 Å². The molecule has 1 aliphatic carbocycles. The number of aromatic nitrogens is 2. The number of rotatable bonds is 4. The molecular weight excluding hydrogens is 531 g/mol. The van der Waals surface area contributed by atoms with Gasteiger partial charge in [0, 0.05) is 38.0 Å². The van der Waals surface area contributed by atoms with Crippen LogP contribution in [0.2, 0.25) is 0 Å². The van der Waals surface area contributed by atoms with Crippen molar-refractivity contribution in [2.45, 2.75) is 69.2 Å². The Balaban J connectivity index is 1.36. The van der Waals surface area contributed by atoms with Crippen molar-refractivity contribution in [3.63, 3.8) is 0 Å². The lowest BCUT2D eigenvalue weighted by Gasteiger charge is -2.40. The minimum atomic E-state index is -4.43. The fourth-order valence-electron chi connectivity index (χ4n) is 5.19. The fourth-order valence-corrected chi connectivity index (χ4v) is 5.19. The average Bonchev–Trinajstić information content (AvgIpc) is 3.49. The summed E-state index contributed by atoms with van der Waals surface area (Å²) in [7, 11) is 0. The second-order valence-corrected chi connectivity index (χ2v) is 11.7. The van der Waals surface area contributed by atoms with Gasteiger partial charge in [-0.3, -0.25) is 0 Å². The van der Waals surface area contributed by atoms with Crippen LogP contribution >= 0.6 is 0 Å². The van der Waals surface area contributed by atoms with Crippen LogP contribution in [0.1, 0.15) is 74.7 Å². The van der Waals surface area contributed by atoms with Gasteiger partial charge in [0.05, 0.1) is 18.8 Å². The Kier molecular flexibility index (Phi) is 7.45. The maximum Gasteiger partial charge on any atom is 0.416 e. The van der Waals surface area contributed by atoms with E-state index in [0.29, 0.717) is 70.0 Å². The van der Waals surface area contributed by atoms with Crippen molar-refractivity contribution in [1.82, 2.24) is 25.3 Å². The normalized spacial score (nSPS) is 23.1. The number of urea groups is 1. The lowest BCUT2D eigenvalue weighted by atomic mass is 9.84. The summed E-state index contributed by atoms with van der Waals surface area (Å²) < 4.78 is 55.8. The van der Waals surface area contributed by atoms with E-state index in [9.17, 15) is 22.8 Å². The molecule has 3 fully saturated rings. The number of benzene rings is 1. The Labute approximate surface area is 230 Å². The Morgan fingerprint density at radius 2 is 1.68 bits per heavy atom. The Morgan fingerprint density at radius 1 is 1.02 bits per heavy atom. The SMILES string of the molecule is CC(C)(C)OC(=O)NC1(c2nc(C3CC(c4ccc(C(F)(F)F)cc4)CN(C(=O)N4CCOCC4)C3)no2)CC1. The molecule has 13 heteroatoms. The van der Waals surface area contributed by atoms with Crippen LogP contribution in [0.3, 0.4) is 0 Å². The Morgan fingerprint density at radius 3 is 2.27 bits per heavy atom. The van der Waals surface area contributed by atoms with Gasteiger partial charge in [0.2, 0.25) is 0 Å². The number of likely N-dealkylation sites (tertiary alicyclic amines) is 1. The molecule has 0 spiro atoms. The number of alkyl carbamates (subject to hydrolysis) is 1. The van der Waals surface area contributed by atoms with Crippen molar-refractivity contribution >= 4 is 12.1 Å². The van der Waals surface area contributed by atoms with Gasteiger partial charge in [0.25, 0.3) is 5.89 Å². The third kappa shape index (κ3) is 6.34. The van der Waals surface area contributed by atoms with Crippen molar-refractivity contribution in [2.24, 2.45) is 0 Å². The first kappa shape index (κ1) is 28.2. The van der Waals surface area contributed by atoms with Gasteiger partial charge in [-0.15, -0.1) is 0 Å². The minimum Gasteiger partial charge on any atom is -0.444 e. The molecule has 10 nitrogen and oxygen atoms in total. The van der Waals surface area contributed by atoms with Crippen molar-refractivity contribution in [3.8, 4) is 0 Å². The highest BCUT2D eigenvalue weighted by atomic mass is 19.4. The van der Waals surface area contributed by atoms with Gasteiger partial charge in [-0.25, -0.2) is 9.59 Å². The Hall–Kier alpha value is -3.35. The molecule has 3 amide bonds. The van der Waals surface area contributed by atoms with E-state index in [-0.39, 0.29) is 23.8 Å². The van der Waals surface area contributed by atoms with Crippen LogP contribution in [0.25, 0.3) is 0 Å². The van der Waals surface area contributed by atoms with E-state index >= 15 is 0 Å². The molecular formula is C27H34F3N5O5. The van der Waals surface area contributed by atoms with Gasteiger partial charge in [-0.2, -0.15) is 18.2 Å². The second kappa shape index (κ2) is 10.6. The van der Waals surface area contributed by atoms with Crippen LogP contribution in [0, 0.1) is 0 Å². The summed E-state index contributed by atoms with van der Waals surface area (Å²) in [5.74, 6) is 0.114. The molecule has 2 saturated heterocycles. The summed E-state index contributed by atoms with van der Waals surface area (Å²) in [5.41, 5.74) is -1.48. The molecule has 1 saturated carbocycles. The van der Waals surface area contributed by atoms with E-state index in [1.807, 2.05) is 0 Å². The number of hydrogen-bond donors (Lipinski definition) is 1. The smallest absolute Gasteiger partial charge is 0.416 e. The lowest BCUT2D eigenvalue weighted by Crippen LogP contribution is -2.52. The third-order valence-corrected chi connectivity index (χ3v) is 7.42. The molecule has 1 aromatic carbocycles. The van der Waals surface area contributed by atoms with Gasteiger partial charge in [-0.05, 0) is 57.7 Å². The molecule has 2 aliphatic heterocycles. The molecule has 2 aromatic rings. The predicted molar refractivity (Wildman–Crippen MR) is 135 cm³/mol. The first-order valence-corrected chi connectivity index (χ1v) is 13.5. The molecule has 1 N–H and O–H groups in total. The summed E-state index contributed by atoms with van der Waals surface area (Å²) in [6.07, 6.45) is -3.25. The fraction of sp³-hybridized carbons (Fsp3) is 0.630. The zero-order valence-electron chi connectivity index (χ0n) is 22.8. The summed E-state index contributed by atoms with van der Waals surface area (Å²) in [4.78, 5) is 33.9. The predicted octanol–water partition coefficient (Wildman–Crippen LogP) is 4.63. The van der Waals surface area contributed by atoms with E-state index in [2.05, 4.69) is 15.5 Å². The molecule has 2 atom stereocenters. The van der Waals surface area contributed by atoms with E-state index in [1.54, 1.807) is 30.6 Å². The van der Waals surface area contributed by atoms with Gasteiger partial charge in [0.15, 0.2) is 5.82 Å². The number of alkyl halides is 3. The number of ether oxygens (including phenoxy) is 2. The minimum absolute atomic E-state index is 0.154. The molecule has 0 radical (unpaired) electrons. The summed E-state index contributed by atoms with van der Waals surface area (Å²) in [5, 5.41) is 7.06. The number of amides is 3. The van der Waals surface area contributed by atoms with E-state index in [0.717, 1.165) is 12.1 Å². The zero-order chi connectivity index (χ0) is 28.7. The highest BCUT2D eigenvalue weighted by molar-refractivity contribution is 5.75. The third-order valence-electron chi connectivity index (χ3n) is 7.42. The number of hydrogen-bond acceptors (Lipinski definition) is 7. The number of nitrogens with one attached hydrogen (secondary N) is 1. The molecule has 218 valence electrons. The van der Waals surface area contributed by atoms with E-state index in [4.69, 9.17) is 14.0 Å². The topological polar surface area (TPSA) is 110 Å². The van der Waals surface area contributed by atoms with Crippen molar-refractivity contribution in [2.75, 3.05) is 39.4 Å². The molecule has 2 unspecified atom stereocenters. The molecule has 3 aliphatic rings. The summed E-state index contributed by atoms with van der Waals surface area (Å²) in [6.45, 7) is 7.85. The van der Waals surface area contributed by atoms with Gasteiger partial charge in [-0.1, -0.05) is 17.3 Å². The number of halogens is 3. The van der Waals surface area contributed by atoms with E-state index < -0.39 is 29.0 Å². The molecule has 0 bridgehead atoms. The molecule has 1 aromatic heterocycles. The highest BCUT2D eigenvalue weighted by Gasteiger charge is 2.52. The van der Waals surface area contributed by atoms with Gasteiger partial charge < -0.3 is 29.1 Å². The van der Waals surface area contributed by atoms with Crippen LogP contribution in [0.15, 0.2) is 28.8 Å². The Bertz CT molecular complexity index is 1220. The van der Waals surface area contributed by atoms with Crippen LogP contribution in [-0.2, 0) is 21.2 Å². The van der Waals surface area contributed by atoms with Crippen molar-refractivity contribution in [3.05, 3.63) is 47.1 Å². The number of morpholine rings is 1. The van der Waals surface area contributed by atoms with Crippen LogP contribution in [0.4, 0.5) is 22.8 Å². The van der Waals surface area contributed by atoms with Crippen LogP contribution < -0.4 is 5.32 Å². The first-order chi connectivity index (χ1) is 18.8. The highest BCUT2D eigenvalue weighted by Crippen LogP contribution is 2.46. The molecule has 40 heavy (non-hydrogen) atoms. The largest absolute Gasteiger partial charge is 0.444 e. The average molecular weight is 566 g/mol. The maximum absolute atomic E-state index is 13.4. The van der Waals surface area contributed by atoms with Crippen LogP contribution in [-0.4, -0.2) is 77.1 Å². The lowest BCUT2D eigenvalue weighted by molar-refractivity contribution is -0.137. The van der Waals surface area contributed by atoms with Crippen molar-refractivity contribution in [1.29, 1.82) is 0 Å². The number of nitrogens with zero attached hydrogens (tertiary/aromatic N) is 4. The number of carbonyl (C=O) groups excluding carboxylic acids is 2. The van der Waals surface area contributed by atoms with Gasteiger partial charge in [0.1, 0.15) is 11.1 Å². The standard InChI is InChI=1S/C27H34F3N5O5/c1-25(2,3)39-23(36)32-26(8-9-26)22-31-21(33-40-22)19-14-18(17-4-6-20(7-5-17)27(28,29)30)15-35(16-19)24(37)34-10-12-38-13-11-34/h4-7,18-19H,8-16H2,1-3H3,(H,32,36). The zero-order valence-corrected chi connectivity index (χ0v) is 22.8. The van der Waals surface area contributed by atoms with Gasteiger partial charge >= 0.3 is 18.3 Å². The maximum atomic E-state index is 13.4. The van der Waals surface area contributed by atoms with Crippen LogP contribution in [0.5, 0.6) is 0 Å². The second-order valence-electron chi connectivity index (χ2n) is 11.7. The quantitative estimate of drug-likeness (QED) is 0.576. The molecule has 3 heterocycles. The summed E-state index contributed by atoms with van der Waals surface area (Å²) in [6, 6.07) is 4.92. The first-order valence-electron chi connectivity index (χ1n) is 13.5.